The Morgan fingerprint density at radius 2 is 2.05 bits per heavy atom. The van der Waals surface area contributed by atoms with Gasteiger partial charge in [0, 0.05) is 16.1 Å². The lowest BCUT2D eigenvalue weighted by atomic mass is 10.1. The summed E-state index contributed by atoms with van der Waals surface area (Å²) in [7, 11) is 0. The molecule has 0 N–H and O–H groups in total. The first-order valence-electron chi connectivity index (χ1n) is 5.88. The molecule has 5 heteroatoms. The number of benzene rings is 2. The predicted molar refractivity (Wildman–Crippen MR) is 73.9 cm³/mol. The van der Waals surface area contributed by atoms with Crippen LogP contribution in [0.5, 0.6) is 0 Å². The van der Waals surface area contributed by atoms with E-state index in [1.807, 2.05) is 24.3 Å². The molecule has 3 aromatic rings. The maximum Gasteiger partial charge on any atom is 0.227 e. The third-order valence-corrected chi connectivity index (χ3v) is 3.26. The Balaban J connectivity index is 2.06. The third-order valence-electron chi connectivity index (χ3n) is 2.93. The van der Waals surface area contributed by atoms with Crippen LogP contribution < -0.4 is 0 Å². The van der Waals surface area contributed by atoms with Crippen molar-refractivity contribution in [3.63, 3.8) is 0 Å². The van der Waals surface area contributed by atoms with Crippen LogP contribution in [-0.2, 0) is 0 Å². The van der Waals surface area contributed by atoms with Crippen LogP contribution in [0.1, 0.15) is 11.7 Å². The molecule has 1 aromatic heterocycles. The highest BCUT2D eigenvalue weighted by molar-refractivity contribution is 6.31. The quantitative estimate of drug-likeness (QED) is 0.687. The standard InChI is InChI=1S/C15H8ClFN2O/c16-11-7-9(5-6-10(11)12(17)8-18)15-19-13-3-1-2-4-14(13)20-15/h1-7,12H. The fraction of sp³-hybridized carbons (Fsp3) is 0.0667. The first-order chi connectivity index (χ1) is 9.69. The minimum absolute atomic E-state index is 0.147. The Bertz CT molecular complexity index is 789. The molecule has 0 aliphatic rings. The predicted octanol–water partition coefficient (Wildman–Crippen LogP) is 4.68. The fourth-order valence-electron chi connectivity index (χ4n) is 1.93. The molecule has 0 radical (unpaired) electrons. The summed E-state index contributed by atoms with van der Waals surface area (Å²) in [5, 5.41) is 8.76. The highest BCUT2D eigenvalue weighted by atomic mass is 35.5. The summed E-state index contributed by atoms with van der Waals surface area (Å²) in [6.07, 6.45) is -1.74. The van der Waals surface area contributed by atoms with Gasteiger partial charge in [-0.3, -0.25) is 0 Å². The van der Waals surface area contributed by atoms with E-state index in [0.717, 1.165) is 5.52 Å². The SMILES string of the molecule is N#CC(F)c1ccc(-c2nc3ccccc3o2)cc1Cl. The van der Waals surface area contributed by atoms with Crippen LogP contribution >= 0.6 is 11.6 Å². The zero-order valence-electron chi connectivity index (χ0n) is 10.2. The van der Waals surface area contributed by atoms with Crippen molar-refractivity contribution in [2.24, 2.45) is 0 Å². The molecule has 0 saturated carbocycles. The van der Waals surface area contributed by atoms with Crippen LogP contribution in [0.15, 0.2) is 46.9 Å². The lowest BCUT2D eigenvalue weighted by molar-refractivity contribution is 0.424. The molecule has 0 aliphatic heterocycles. The molecule has 0 amide bonds. The van der Waals surface area contributed by atoms with Gasteiger partial charge in [0.05, 0.1) is 0 Å². The zero-order chi connectivity index (χ0) is 14.1. The van der Waals surface area contributed by atoms with E-state index in [9.17, 15) is 4.39 Å². The number of oxazole rings is 1. The Morgan fingerprint density at radius 3 is 2.75 bits per heavy atom. The number of para-hydroxylation sites is 2. The molecule has 3 rings (SSSR count). The van der Waals surface area contributed by atoms with E-state index in [1.165, 1.54) is 12.1 Å². The zero-order valence-corrected chi connectivity index (χ0v) is 10.9. The average Bonchev–Trinajstić information content (AvgIpc) is 2.90. The normalized spacial score (nSPS) is 12.2. The van der Waals surface area contributed by atoms with Crippen LogP contribution in [0.3, 0.4) is 0 Å². The van der Waals surface area contributed by atoms with E-state index in [-0.39, 0.29) is 10.6 Å². The van der Waals surface area contributed by atoms with E-state index < -0.39 is 6.17 Å². The Hall–Kier alpha value is -2.38. The second kappa shape index (κ2) is 4.95. The second-order valence-electron chi connectivity index (χ2n) is 4.21. The van der Waals surface area contributed by atoms with Gasteiger partial charge in [0.15, 0.2) is 5.58 Å². The summed E-state index contributed by atoms with van der Waals surface area (Å²) >= 11 is 5.99. The number of nitrogens with zero attached hydrogens (tertiary/aromatic N) is 2. The molecular formula is C15H8ClFN2O. The van der Waals surface area contributed by atoms with E-state index in [0.29, 0.717) is 17.0 Å². The van der Waals surface area contributed by atoms with Crippen LogP contribution in [0.25, 0.3) is 22.6 Å². The van der Waals surface area contributed by atoms with Crippen molar-refractivity contribution in [2.45, 2.75) is 6.17 Å². The maximum absolute atomic E-state index is 13.3. The Morgan fingerprint density at radius 1 is 1.25 bits per heavy atom. The number of alkyl halides is 1. The van der Waals surface area contributed by atoms with E-state index >= 15 is 0 Å². The maximum atomic E-state index is 13.3. The van der Waals surface area contributed by atoms with Gasteiger partial charge in [-0.15, -0.1) is 0 Å². The summed E-state index contributed by atoms with van der Waals surface area (Å²) in [5.41, 5.74) is 2.19. The highest BCUT2D eigenvalue weighted by Gasteiger charge is 2.15. The van der Waals surface area contributed by atoms with Crippen LogP contribution in [-0.4, -0.2) is 4.98 Å². The third kappa shape index (κ3) is 2.13. The molecule has 1 heterocycles. The van der Waals surface area contributed by atoms with Crippen molar-refractivity contribution < 1.29 is 8.81 Å². The molecule has 0 aliphatic carbocycles. The number of nitriles is 1. The Kier molecular flexibility index (Phi) is 3.13. The van der Waals surface area contributed by atoms with Crippen molar-refractivity contribution in [1.29, 1.82) is 5.26 Å². The molecule has 0 saturated heterocycles. The molecule has 98 valence electrons. The molecular weight excluding hydrogens is 279 g/mol. The van der Waals surface area contributed by atoms with Crippen molar-refractivity contribution in [2.75, 3.05) is 0 Å². The van der Waals surface area contributed by atoms with Gasteiger partial charge in [-0.25, -0.2) is 9.37 Å². The number of aromatic nitrogens is 1. The summed E-state index contributed by atoms with van der Waals surface area (Å²) in [6.45, 7) is 0. The topological polar surface area (TPSA) is 49.8 Å². The number of hydrogen-bond acceptors (Lipinski definition) is 3. The van der Waals surface area contributed by atoms with Crippen LogP contribution in [0.4, 0.5) is 4.39 Å². The van der Waals surface area contributed by atoms with E-state index in [4.69, 9.17) is 21.3 Å². The molecule has 0 bridgehead atoms. The summed E-state index contributed by atoms with van der Waals surface area (Å²) < 4.78 is 18.9. The molecule has 3 nitrogen and oxygen atoms in total. The molecule has 2 aromatic carbocycles. The van der Waals surface area contributed by atoms with Crippen molar-refractivity contribution in [1.82, 2.24) is 4.98 Å². The van der Waals surface area contributed by atoms with Gasteiger partial charge < -0.3 is 4.42 Å². The van der Waals surface area contributed by atoms with Gasteiger partial charge in [0.1, 0.15) is 11.6 Å². The summed E-state index contributed by atoms with van der Waals surface area (Å²) in [4.78, 5) is 4.33. The van der Waals surface area contributed by atoms with Gasteiger partial charge >= 0.3 is 0 Å². The minimum atomic E-state index is -1.74. The monoisotopic (exact) mass is 286 g/mol. The van der Waals surface area contributed by atoms with E-state index in [2.05, 4.69) is 4.98 Å². The first kappa shape index (κ1) is 12.6. The van der Waals surface area contributed by atoms with Gasteiger partial charge in [-0.2, -0.15) is 5.26 Å². The molecule has 1 unspecified atom stereocenters. The number of rotatable bonds is 2. The van der Waals surface area contributed by atoms with Crippen molar-refractivity contribution >= 4 is 22.7 Å². The van der Waals surface area contributed by atoms with Crippen molar-refractivity contribution in [3.8, 4) is 17.5 Å². The second-order valence-corrected chi connectivity index (χ2v) is 4.62. The lowest BCUT2D eigenvalue weighted by Crippen LogP contribution is -1.90. The average molecular weight is 287 g/mol. The van der Waals surface area contributed by atoms with E-state index in [1.54, 1.807) is 12.1 Å². The molecule has 0 spiro atoms. The largest absolute Gasteiger partial charge is 0.436 e. The lowest BCUT2D eigenvalue weighted by Gasteiger charge is -2.04. The summed E-state index contributed by atoms with van der Waals surface area (Å²) in [5.74, 6) is 0.409. The van der Waals surface area contributed by atoms with Gasteiger partial charge in [0.25, 0.3) is 0 Å². The summed E-state index contributed by atoms with van der Waals surface area (Å²) in [6, 6.07) is 13.5. The van der Waals surface area contributed by atoms with Crippen molar-refractivity contribution in [3.05, 3.63) is 53.1 Å². The fourth-order valence-corrected chi connectivity index (χ4v) is 2.21. The van der Waals surface area contributed by atoms with Gasteiger partial charge in [0.2, 0.25) is 12.1 Å². The number of halogens is 2. The number of fused-ring (bicyclic) bond motifs is 1. The van der Waals surface area contributed by atoms with Gasteiger partial charge in [-0.05, 0) is 24.3 Å². The molecule has 20 heavy (non-hydrogen) atoms. The molecule has 0 fully saturated rings. The smallest absolute Gasteiger partial charge is 0.227 e. The molecule has 1 atom stereocenters. The first-order valence-corrected chi connectivity index (χ1v) is 6.26. The minimum Gasteiger partial charge on any atom is -0.436 e. The Labute approximate surface area is 119 Å². The van der Waals surface area contributed by atoms with Crippen LogP contribution in [0.2, 0.25) is 5.02 Å². The van der Waals surface area contributed by atoms with Gasteiger partial charge in [-0.1, -0.05) is 29.8 Å². The van der Waals surface area contributed by atoms with Crippen LogP contribution in [0, 0.1) is 11.3 Å². The number of hydrogen-bond donors (Lipinski definition) is 0. The highest BCUT2D eigenvalue weighted by Crippen LogP contribution is 2.31.